The van der Waals surface area contributed by atoms with E-state index in [0.717, 1.165) is 56.8 Å². The van der Waals surface area contributed by atoms with Crippen LogP contribution in [0.5, 0.6) is 0 Å². The Morgan fingerprint density at radius 2 is 1.80 bits per heavy atom. The van der Waals surface area contributed by atoms with E-state index in [1.807, 2.05) is 11.1 Å². The Morgan fingerprint density at radius 1 is 1.08 bits per heavy atom. The number of hydrogen-bond donors (Lipinski definition) is 1. The van der Waals surface area contributed by atoms with Gasteiger partial charge in [-0.2, -0.15) is 0 Å². The summed E-state index contributed by atoms with van der Waals surface area (Å²) in [6.45, 7) is 5.14. The molecule has 0 bridgehead atoms. The smallest absolute Gasteiger partial charge is 0.219 e. The van der Waals surface area contributed by atoms with Gasteiger partial charge in [-0.25, -0.2) is 0 Å². The molecule has 1 N–H and O–H groups in total. The summed E-state index contributed by atoms with van der Waals surface area (Å²) in [6, 6.07) is 8.50. The van der Waals surface area contributed by atoms with E-state index in [1.165, 1.54) is 9.75 Å². The number of carbonyl (C=O) groups is 1. The molecule has 6 heteroatoms. The monoisotopic (exact) mass is 359 g/mol. The van der Waals surface area contributed by atoms with Crippen LogP contribution in [-0.2, 0) is 24.1 Å². The standard InChI is InChI=1S/C19H25N3O2S/c1-15(24)21-9-11-22(12-10-21)17-4-2-16(20-14-17)3-5-18-6-7-19(25-18)8-13-23/h2,4,6-7,14,23H,3,5,8-13H2,1H3. The molecule has 1 aliphatic heterocycles. The van der Waals surface area contributed by atoms with Gasteiger partial charge in [0.1, 0.15) is 0 Å². The van der Waals surface area contributed by atoms with Crippen LogP contribution in [0.2, 0.25) is 0 Å². The first-order valence-electron chi connectivity index (χ1n) is 8.79. The summed E-state index contributed by atoms with van der Waals surface area (Å²) in [5.74, 6) is 0.156. The lowest BCUT2D eigenvalue weighted by atomic mass is 10.2. The van der Waals surface area contributed by atoms with Crippen molar-refractivity contribution in [1.82, 2.24) is 9.88 Å². The van der Waals surface area contributed by atoms with Crippen molar-refractivity contribution in [3.63, 3.8) is 0 Å². The van der Waals surface area contributed by atoms with Crippen LogP contribution in [0.3, 0.4) is 0 Å². The zero-order valence-corrected chi connectivity index (χ0v) is 15.5. The maximum atomic E-state index is 11.4. The van der Waals surface area contributed by atoms with Crippen LogP contribution in [0.15, 0.2) is 30.5 Å². The minimum atomic E-state index is 0.156. The minimum Gasteiger partial charge on any atom is -0.396 e. The molecule has 1 aliphatic rings. The first-order chi connectivity index (χ1) is 12.2. The number of carbonyl (C=O) groups excluding carboxylic acids is 1. The molecule has 0 saturated carbocycles. The lowest BCUT2D eigenvalue weighted by Gasteiger charge is -2.35. The number of pyridine rings is 1. The first kappa shape index (κ1) is 17.9. The fourth-order valence-corrected chi connectivity index (χ4v) is 4.09. The molecule has 0 aromatic carbocycles. The van der Waals surface area contributed by atoms with Gasteiger partial charge in [-0.05, 0) is 37.1 Å². The normalized spacial score (nSPS) is 14.8. The lowest BCUT2D eigenvalue weighted by molar-refractivity contribution is -0.129. The summed E-state index contributed by atoms with van der Waals surface area (Å²) in [6.07, 6.45) is 4.61. The number of amides is 1. The second-order valence-corrected chi connectivity index (χ2v) is 7.60. The van der Waals surface area contributed by atoms with E-state index >= 15 is 0 Å². The van der Waals surface area contributed by atoms with Gasteiger partial charge >= 0.3 is 0 Å². The summed E-state index contributed by atoms with van der Waals surface area (Å²) >= 11 is 1.78. The van der Waals surface area contributed by atoms with Crippen molar-refractivity contribution < 1.29 is 9.90 Å². The van der Waals surface area contributed by atoms with E-state index in [4.69, 9.17) is 5.11 Å². The van der Waals surface area contributed by atoms with Gasteiger partial charge in [0, 0.05) is 61.6 Å². The van der Waals surface area contributed by atoms with Gasteiger partial charge < -0.3 is 14.9 Å². The number of hydrogen-bond acceptors (Lipinski definition) is 5. The number of nitrogens with zero attached hydrogens (tertiary/aromatic N) is 3. The Hall–Kier alpha value is -1.92. The number of aliphatic hydroxyl groups is 1. The van der Waals surface area contributed by atoms with Crippen molar-refractivity contribution in [2.24, 2.45) is 0 Å². The fourth-order valence-electron chi connectivity index (χ4n) is 3.08. The third-order valence-electron chi connectivity index (χ3n) is 4.60. The van der Waals surface area contributed by atoms with Gasteiger partial charge in [0.15, 0.2) is 0 Å². The number of anilines is 1. The predicted molar refractivity (Wildman–Crippen MR) is 101 cm³/mol. The molecule has 3 heterocycles. The number of rotatable bonds is 6. The molecule has 0 spiro atoms. The molecule has 0 radical (unpaired) electrons. The SMILES string of the molecule is CC(=O)N1CCN(c2ccc(CCc3ccc(CCO)s3)nc2)CC1. The van der Waals surface area contributed by atoms with E-state index in [0.29, 0.717) is 0 Å². The molecular weight excluding hydrogens is 334 g/mol. The van der Waals surface area contributed by atoms with Crippen LogP contribution in [0.1, 0.15) is 22.4 Å². The van der Waals surface area contributed by atoms with E-state index in [-0.39, 0.29) is 12.5 Å². The molecule has 1 amide bonds. The molecule has 134 valence electrons. The third-order valence-corrected chi connectivity index (χ3v) is 5.81. The summed E-state index contributed by atoms with van der Waals surface area (Å²) in [5, 5.41) is 8.99. The van der Waals surface area contributed by atoms with Crippen LogP contribution in [-0.4, -0.2) is 53.7 Å². The highest BCUT2D eigenvalue weighted by atomic mass is 32.1. The molecule has 0 aliphatic carbocycles. The topological polar surface area (TPSA) is 56.7 Å². The number of aromatic nitrogens is 1. The average molecular weight is 359 g/mol. The Morgan fingerprint density at radius 3 is 2.40 bits per heavy atom. The average Bonchev–Trinajstić information content (AvgIpc) is 3.08. The van der Waals surface area contributed by atoms with Crippen molar-refractivity contribution >= 4 is 22.9 Å². The summed E-state index contributed by atoms with van der Waals surface area (Å²) in [7, 11) is 0. The van der Waals surface area contributed by atoms with Crippen molar-refractivity contribution in [2.75, 3.05) is 37.7 Å². The van der Waals surface area contributed by atoms with Crippen molar-refractivity contribution in [2.45, 2.75) is 26.2 Å². The quantitative estimate of drug-likeness (QED) is 0.858. The van der Waals surface area contributed by atoms with Crippen LogP contribution in [0.25, 0.3) is 0 Å². The molecule has 2 aromatic heterocycles. The Balaban J connectivity index is 1.51. The van der Waals surface area contributed by atoms with Gasteiger partial charge in [-0.1, -0.05) is 0 Å². The molecule has 1 fully saturated rings. The molecule has 3 rings (SSSR count). The molecule has 0 unspecified atom stereocenters. The van der Waals surface area contributed by atoms with Crippen LogP contribution in [0.4, 0.5) is 5.69 Å². The summed E-state index contributed by atoms with van der Waals surface area (Å²) in [4.78, 5) is 22.8. The number of aryl methyl sites for hydroxylation is 2. The maximum absolute atomic E-state index is 11.4. The number of aliphatic hydroxyl groups excluding tert-OH is 1. The molecular formula is C19H25N3O2S. The Labute approximate surface area is 152 Å². The predicted octanol–water partition coefficient (Wildman–Crippen LogP) is 2.13. The van der Waals surface area contributed by atoms with Crippen molar-refractivity contribution in [3.8, 4) is 0 Å². The summed E-state index contributed by atoms with van der Waals surface area (Å²) < 4.78 is 0. The third kappa shape index (κ3) is 4.80. The van der Waals surface area contributed by atoms with Gasteiger partial charge in [-0.3, -0.25) is 9.78 Å². The van der Waals surface area contributed by atoms with Gasteiger partial charge in [0.25, 0.3) is 0 Å². The van der Waals surface area contributed by atoms with Gasteiger partial charge in [-0.15, -0.1) is 11.3 Å². The second-order valence-electron chi connectivity index (χ2n) is 6.34. The van der Waals surface area contributed by atoms with E-state index < -0.39 is 0 Å². The molecule has 0 atom stereocenters. The van der Waals surface area contributed by atoms with E-state index in [2.05, 4.69) is 34.1 Å². The van der Waals surface area contributed by atoms with Crippen LogP contribution in [0, 0.1) is 0 Å². The van der Waals surface area contributed by atoms with Crippen molar-refractivity contribution in [3.05, 3.63) is 45.9 Å². The Kier molecular flexibility index (Phi) is 6.04. The van der Waals surface area contributed by atoms with E-state index in [9.17, 15) is 4.79 Å². The van der Waals surface area contributed by atoms with Crippen LogP contribution >= 0.6 is 11.3 Å². The highest BCUT2D eigenvalue weighted by Crippen LogP contribution is 2.20. The summed E-state index contributed by atoms with van der Waals surface area (Å²) in [5.41, 5.74) is 2.23. The van der Waals surface area contributed by atoms with Gasteiger partial charge in [0.05, 0.1) is 11.9 Å². The number of thiophene rings is 1. The highest BCUT2D eigenvalue weighted by molar-refractivity contribution is 7.11. The highest BCUT2D eigenvalue weighted by Gasteiger charge is 2.18. The number of piperazine rings is 1. The Bertz CT molecular complexity index is 691. The van der Waals surface area contributed by atoms with E-state index in [1.54, 1.807) is 18.3 Å². The molecule has 2 aromatic rings. The zero-order chi connectivity index (χ0) is 17.6. The first-order valence-corrected chi connectivity index (χ1v) is 9.61. The fraction of sp³-hybridized carbons (Fsp3) is 0.474. The molecule has 1 saturated heterocycles. The molecule has 5 nitrogen and oxygen atoms in total. The lowest BCUT2D eigenvalue weighted by Crippen LogP contribution is -2.48. The maximum Gasteiger partial charge on any atom is 0.219 e. The van der Waals surface area contributed by atoms with Gasteiger partial charge in [0.2, 0.25) is 5.91 Å². The van der Waals surface area contributed by atoms with Crippen molar-refractivity contribution in [1.29, 1.82) is 0 Å². The zero-order valence-electron chi connectivity index (χ0n) is 14.6. The molecule has 25 heavy (non-hydrogen) atoms. The minimum absolute atomic E-state index is 0.156. The largest absolute Gasteiger partial charge is 0.396 e. The second kappa shape index (κ2) is 8.45. The van der Waals surface area contributed by atoms with Crippen LogP contribution < -0.4 is 4.90 Å².